The molecule has 0 radical (unpaired) electrons. The second-order valence-electron chi connectivity index (χ2n) is 5.04. The van der Waals surface area contributed by atoms with Crippen molar-refractivity contribution in [2.75, 3.05) is 0 Å². The van der Waals surface area contributed by atoms with Crippen molar-refractivity contribution >= 4 is 17.9 Å². The summed E-state index contributed by atoms with van der Waals surface area (Å²) in [4.78, 5) is 34.8. The van der Waals surface area contributed by atoms with E-state index in [1.54, 1.807) is 13.8 Å². The number of carbonyl (C=O) groups is 3. The molecule has 1 atom stereocenters. The van der Waals surface area contributed by atoms with Gasteiger partial charge in [-0.1, -0.05) is 32.6 Å². The fraction of sp³-hybridized carbons (Fsp3) is 0.312. The van der Waals surface area contributed by atoms with Crippen LogP contribution in [0, 0.1) is 5.92 Å². The van der Waals surface area contributed by atoms with Gasteiger partial charge in [-0.25, -0.2) is 14.4 Å². The second-order valence-corrected chi connectivity index (χ2v) is 5.04. The highest BCUT2D eigenvalue weighted by molar-refractivity contribution is 6.02. The predicted molar refractivity (Wildman–Crippen MR) is 78.3 cm³/mol. The minimum absolute atomic E-state index is 0.114. The molecule has 1 aromatic rings. The molecule has 0 fully saturated rings. The van der Waals surface area contributed by atoms with Gasteiger partial charge in [0.1, 0.15) is 0 Å². The zero-order chi connectivity index (χ0) is 16.9. The minimum atomic E-state index is -1.53. The van der Waals surface area contributed by atoms with Crippen LogP contribution in [0.15, 0.2) is 36.9 Å². The van der Waals surface area contributed by atoms with E-state index >= 15 is 0 Å². The quantitative estimate of drug-likeness (QED) is 0.493. The number of carbonyl (C=O) groups excluding carboxylic acids is 2. The molecule has 1 N–H and O–H groups in total. The Bertz CT molecular complexity index is 604. The standard InChI is InChI=1S/C16H18O6/c1-5-13(17)21-16(4,10(2)3)22-15(20)12-9-7-6-8-11(12)14(18)19/h5-10H,1H2,2-4H3,(H,18,19). The van der Waals surface area contributed by atoms with E-state index in [2.05, 4.69) is 6.58 Å². The van der Waals surface area contributed by atoms with Gasteiger partial charge in [0, 0.05) is 18.9 Å². The highest BCUT2D eigenvalue weighted by Gasteiger charge is 2.37. The summed E-state index contributed by atoms with van der Waals surface area (Å²) in [6.45, 7) is 8.12. The number of ether oxygens (including phenoxy) is 2. The van der Waals surface area contributed by atoms with Crippen molar-refractivity contribution in [1.82, 2.24) is 0 Å². The fourth-order valence-corrected chi connectivity index (χ4v) is 1.58. The van der Waals surface area contributed by atoms with E-state index in [4.69, 9.17) is 14.6 Å². The van der Waals surface area contributed by atoms with E-state index in [-0.39, 0.29) is 17.0 Å². The lowest BCUT2D eigenvalue weighted by atomic mass is 10.0. The van der Waals surface area contributed by atoms with Gasteiger partial charge < -0.3 is 14.6 Å². The lowest BCUT2D eigenvalue weighted by molar-refractivity contribution is -0.213. The van der Waals surface area contributed by atoms with E-state index in [1.807, 2.05) is 0 Å². The number of esters is 2. The van der Waals surface area contributed by atoms with Crippen LogP contribution in [-0.4, -0.2) is 28.8 Å². The lowest BCUT2D eigenvalue weighted by Gasteiger charge is -2.32. The molecule has 22 heavy (non-hydrogen) atoms. The highest BCUT2D eigenvalue weighted by atomic mass is 16.7. The Hall–Kier alpha value is -2.63. The molecule has 6 nitrogen and oxygen atoms in total. The first-order valence-corrected chi connectivity index (χ1v) is 6.62. The number of hydrogen-bond acceptors (Lipinski definition) is 5. The van der Waals surface area contributed by atoms with Gasteiger partial charge in [0.25, 0.3) is 5.79 Å². The van der Waals surface area contributed by atoms with Crippen molar-refractivity contribution < 1.29 is 29.0 Å². The van der Waals surface area contributed by atoms with Gasteiger partial charge >= 0.3 is 17.9 Å². The van der Waals surface area contributed by atoms with E-state index in [9.17, 15) is 14.4 Å². The maximum Gasteiger partial charge on any atom is 0.342 e. The number of rotatable bonds is 6. The largest absolute Gasteiger partial charge is 0.478 e. The number of aromatic carboxylic acids is 1. The van der Waals surface area contributed by atoms with Gasteiger partial charge in [-0.05, 0) is 12.1 Å². The molecule has 1 aromatic carbocycles. The number of carboxylic acid groups (broad SMARTS) is 1. The Balaban J connectivity index is 3.10. The molecule has 0 amide bonds. The molecule has 1 rings (SSSR count). The summed E-state index contributed by atoms with van der Waals surface area (Å²) >= 11 is 0. The van der Waals surface area contributed by atoms with Gasteiger partial charge in [-0.3, -0.25) is 0 Å². The lowest BCUT2D eigenvalue weighted by Crippen LogP contribution is -2.41. The summed E-state index contributed by atoms with van der Waals surface area (Å²) in [5.41, 5.74) is -0.301. The van der Waals surface area contributed by atoms with Gasteiger partial charge in [-0.15, -0.1) is 0 Å². The summed E-state index contributed by atoms with van der Waals surface area (Å²) in [5, 5.41) is 9.10. The number of hydrogen-bond donors (Lipinski definition) is 1. The normalized spacial score (nSPS) is 13.1. The van der Waals surface area contributed by atoms with E-state index < -0.39 is 23.7 Å². The molecule has 0 aliphatic carbocycles. The second kappa shape index (κ2) is 6.89. The van der Waals surface area contributed by atoms with E-state index in [1.165, 1.54) is 31.2 Å². The van der Waals surface area contributed by atoms with Crippen molar-refractivity contribution in [3.8, 4) is 0 Å². The molecule has 0 aromatic heterocycles. The fourth-order valence-electron chi connectivity index (χ4n) is 1.58. The molecule has 118 valence electrons. The van der Waals surface area contributed by atoms with Crippen LogP contribution in [-0.2, 0) is 14.3 Å². The maximum absolute atomic E-state index is 12.3. The Kier molecular flexibility index (Phi) is 5.45. The SMILES string of the molecule is C=CC(=O)OC(C)(OC(=O)c1ccccc1C(=O)O)C(C)C. The van der Waals surface area contributed by atoms with Crippen molar-refractivity contribution in [2.24, 2.45) is 5.92 Å². The monoisotopic (exact) mass is 306 g/mol. The van der Waals surface area contributed by atoms with Gasteiger partial charge in [0.15, 0.2) is 0 Å². The molecule has 0 heterocycles. The molecule has 0 spiro atoms. The third-order valence-corrected chi connectivity index (χ3v) is 3.19. The first-order chi connectivity index (χ1) is 10.2. The Morgan fingerprint density at radius 2 is 1.73 bits per heavy atom. The van der Waals surface area contributed by atoms with Crippen molar-refractivity contribution in [3.05, 3.63) is 48.0 Å². The first-order valence-electron chi connectivity index (χ1n) is 6.62. The molecular formula is C16H18O6. The molecule has 0 aliphatic rings. The van der Waals surface area contributed by atoms with E-state index in [0.29, 0.717) is 0 Å². The Labute approximate surface area is 128 Å². The first kappa shape index (κ1) is 17.4. The third-order valence-electron chi connectivity index (χ3n) is 3.19. The van der Waals surface area contributed by atoms with Crippen molar-refractivity contribution in [2.45, 2.75) is 26.6 Å². The predicted octanol–water partition coefficient (Wildman–Crippen LogP) is 2.64. The topological polar surface area (TPSA) is 89.9 Å². The Morgan fingerprint density at radius 3 is 2.18 bits per heavy atom. The van der Waals surface area contributed by atoms with Crippen LogP contribution >= 0.6 is 0 Å². The van der Waals surface area contributed by atoms with Crippen LogP contribution in [0.3, 0.4) is 0 Å². The summed E-state index contributed by atoms with van der Waals surface area (Å²) in [7, 11) is 0. The molecule has 6 heteroatoms. The van der Waals surface area contributed by atoms with Crippen LogP contribution in [0.25, 0.3) is 0 Å². The molecule has 1 unspecified atom stereocenters. The van der Waals surface area contributed by atoms with Crippen molar-refractivity contribution in [1.29, 1.82) is 0 Å². The summed E-state index contributed by atoms with van der Waals surface area (Å²) in [5.74, 6) is -4.76. The molecular weight excluding hydrogens is 288 g/mol. The molecule has 0 bridgehead atoms. The highest BCUT2D eigenvalue weighted by Crippen LogP contribution is 2.26. The van der Waals surface area contributed by atoms with Crippen LogP contribution in [0.4, 0.5) is 0 Å². The molecule has 0 aliphatic heterocycles. The smallest absolute Gasteiger partial charge is 0.342 e. The van der Waals surface area contributed by atoms with Gasteiger partial charge in [0.2, 0.25) is 0 Å². The Morgan fingerprint density at radius 1 is 1.18 bits per heavy atom. The number of carboxylic acids is 1. The third kappa shape index (κ3) is 3.94. The van der Waals surface area contributed by atoms with Crippen LogP contribution in [0.2, 0.25) is 0 Å². The zero-order valence-corrected chi connectivity index (χ0v) is 12.7. The van der Waals surface area contributed by atoms with Crippen LogP contribution in [0.1, 0.15) is 41.5 Å². The van der Waals surface area contributed by atoms with Crippen molar-refractivity contribution in [3.63, 3.8) is 0 Å². The van der Waals surface area contributed by atoms with Gasteiger partial charge in [-0.2, -0.15) is 0 Å². The molecule has 0 saturated heterocycles. The van der Waals surface area contributed by atoms with Gasteiger partial charge in [0.05, 0.1) is 11.1 Å². The maximum atomic E-state index is 12.3. The van der Waals surface area contributed by atoms with E-state index in [0.717, 1.165) is 6.08 Å². The number of benzene rings is 1. The summed E-state index contributed by atoms with van der Waals surface area (Å²) < 4.78 is 10.3. The summed E-state index contributed by atoms with van der Waals surface area (Å²) in [6, 6.07) is 5.65. The average molecular weight is 306 g/mol. The summed E-state index contributed by atoms with van der Waals surface area (Å²) in [6.07, 6.45) is 0.958. The minimum Gasteiger partial charge on any atom is -0.478 e. The molecule has 0 saturated carbocycles. The van der Waals surface area contributed by atoms with Crippen LogP contribution < -0.4 is 0 Å². The van der Waals surface area contributed by atoms with Crippen LogP contribution in [0.5, 0.6) is 0 Å². The zero-order valence-electron chi connectivity index (χ0n) is 12.7. The average Bonchev–Trinajstić information content (AvgIpc) is 2.46.